The van der Waals surface area contributed by atoms with Crippen LogP contribution in [-0.2, 0) is 6.42 Å². The molecule has 1 heteroatoms. The third-order valence-corrected chi connectivity index (χ3v) is 5.10. The molecular formula is C26H19N. The van der Waals surface area contributed by atoms with Crippen molar-refractivity contribution in [1.29, 1.82) is 0 Å². The van der Waals surface area contributed by atoms with Crippen LogP contribution in [0.4, 0.5) is 0 Å². The van der Waals surface area contributed by atoms with Crippen molar-refractivity contribution in [2.45, 2.75) is 6.42 Å². The van der Waals surface area contributed by atoms with Crippen molar-refractivity contribution in [1.82, 2.24) is 4.98 Å². The van der Waals surface area contributed by atoms with Gasteiger partial charge < -0.3 is 0 Å². The van der Waals surface area contributed by atoms with Crippen molar-refractivity contribution in [2.75, 3.05) is 0 Å². The van der Waals surface area contributed by atoms with E-state index in [2.05, 4.69) is 103 Å². The molecule has 4 aromatic carbocycles. The van der Waals surface area contributed by atoms with Gasteiger partial charge in [0, 0.05) is 17.4 Å². The van der Waals surface area contributed by atoms with Crippen molar-refractivity contribution >= 4 is 21.7 Å². The molecule has 5 rings (SSSR count). The first-order valence-electron chi connectivity index (χ1n) is 9.29. The zero-order chi connectivity index (χ0) is 18.1. The highest BCUT2D eigenvalue weighted by Gasteiger charge is 2.11. The molecule has 0 amide bonds. The van der Waals surface area contributed by atoms with Gasteiger partial charge in [0.05, 0.1) is 11.2 Å². The first-order chi connectivity index (χ1) is 13.4. The largest absolute Gasteiger partial charge is 0.252 e. The number of fused-ring (bicyclic) bond motifs is 3. The fourth-order valence-electron chi connectivity index (χ4n) is 3.76. The van der Waals surface area contributed by atoms with Crippen LogP contribution in [0.2, 0.25) is 0 Å². The molecule has 5 aromatic rings. The summed E-state index contributed by atoms with van der Waals surface area (Å²) in [5.41, 5.74) is 5.88. The molecule has 1 aromatic heterocycles. The number of nitrogens with zero attached hydrogens (tertiary/aromatic N) is 1. The van der Waals surface area contributed by atoms with Gasteiger partial charge in [0.25, 0.3) is 0 Å². The molecule has 128 valence electrons. The van der Waals surface area contributed by atoms with Crippen molar-refractivity contribution in [3.8, 4) is 11.1 Å². The molecule has 0 fully saturated rings. The van der Waals surface area contributed by atoms with Gasteiger partial charge in [-0.15, -0.1) is 0 Å². The minimum absolute atomic E-state index is 0.827. The van der Waals surface area contributed by atoms with E-state index in [1.54, 1.807) is 0 Å². The molecule has 0 aliphatic rings. The van der Waals surface area contributed by atoms with Crippen LogP contribution in [0.25, 0.3) is 32.8 Å². The Morgan fingerprint density at radius 3 is 2.11 bits per heavy atom. The summed E-state index contributed by atoms with van der Waals surface area (Å²) in [6, 6.07) is 36.3. The van der Waals surface area contributed by atoms with Crippen molar-refractivity contribution < 1.29 is 0 Å². The second kappa shape index (κ2) is 6.69. The summed E-state index contributed by atoms with van der Waals surface area (Å²) in [6.07, 6.45) is 0.827. The summed E-state index contributed by atoms with van der Waals surface area (Å²) in [4.78, 5) is 5.10. The Morgan fingerprint density at radius 2 is 1.30 bits per heavy atom. The van der Waals surface area contributed by atoms with Gasteiger partial charge in [0.1, 0.15) is 0 Å². The molecule has 0 spiro atoms. The maximum Gasteiger partial charge on any atom is 0.0712 e. The van der Waals surface area contributed by atoms with E-state index in [0.717, 1.165) is 17.6 Å². The minimum atomic E-state index is 0.827. The molecular weight excluding hydrogens is 326 g/mol. The van der Waals surface area contributed by atoms with Crippen molar-refractivity contribution in [2.24, 2.45) is 0 Å². The first-order valence-corrected chi connectivity index (χ1v) is 9.29. The molecule has 0 radical (unpaired) electrons. The number of rotatable bonds is 3. The summed E-state index contributed by atoms with van der Waals surface area (Å²) in [5.74, 6) is 0. The standard InChI is InChI=1S/C26H19N/c1-3-9-19(10-4-1)17-26-23(20-11-5-2-6-12-20)18-24-22-14-8-7-13-21(22)15-16-25(24)27-26/h1-16,18H,17H2. The fraction of sp³-hybridized carbons (Fsp3) is 0.0385. The summed E-state index contributed by atoms with van der Waals surface area (Å²) < 4.78 is 0. The average Bonchev–Trinajstić information content (AvgIpc) is 2.74. The molecule has 0 unspecified atom stereocenters. The van der Waals surface area contributed by atoms with Gasteiger partial charge in [0.2, 0.25) is 0 Å². The lowest BCUT2D eigenvalue weighted by molar-refractivity contribution is 1.10. The van der Waals surface area contributed by atoms with Crippen LogP contribution in [0.15, 0.2) is 103 Å². The lowest BCUT2D eigenvalue weighted by Gasteiger charge is -2.13. The highest BCUT2D eigenvalue weighted by Crippen LogP contribution is 2.32. The second-order valence-corrected chi connectivity index (χ2v) is 6.86. The maximum atomic E-state index is 5.10. The molecule has 27 heavy (non-hydrogen) atoms. The fourth-order valence-corrected chi connectivity index (χ4v) is 3.76. The number of pyridine rings is 1. The molecule has 0 aliphatic heterocycles. The number of aromatic nitrogens is 1. The van der Waals surface area contributed by atoms with E-state index < -0.39 is 0 Å². The van der Waals surface area contributed by atoms with E-state index >= 15 is 0 Å². The molecule has 0 saturated carbocycles. The van der Waals surface area contributed by atoms with E-state index in [-0.39, 0.29) is 0 Å². The third-order valence-electron chi connectivity index (χ3n) is 5.10. The zero-order valence-electron chi connectivity index (χ0n) is 15.0. The summed E-state index contributed by atoms with van der Waals surface area (Å²) in [5, 5.41) is 3.72. The monoisotopic (exact) mass is 345 g/mol. The predicted molar refractivity (Wildman–Crippen MR) is 114 cm³/mol. The van der Waals surface area contributed by atoms with Crippen molar-refractivity contribution in [3.05, 3.63) is 114 Å². The maximum absolute atomic E-state index is 5.10. The molecule has 0 saturated heterocycles. The van der Waals surface area contributed by atoms with Gasteiger partial charge in [-0.2, -0.15) is 0 Å². The van der Waals surface area contributed by atoms with Crippen LogP contribution in [0, 0.1) is 0 Å². The Balaban J connectivity index is 1.78. The topological polar surface area (TPSA) is 12.9 Å². The van der Waals surface area contributed by atoms with Gasteiger partial charge in [-0.25, -0.2) is 0 Å². The van der Waals surface area contributed by atoms with Crippen LogP contribution in [0.1, 0.15) is 11.3 Å². The van der Waals surface area contributed by atoms with Crippen LogP contribution in [-0.4, -0.2) is 4.98 Å². The van der Waals surface area contributed by atoms with Gasteiger partial charge in [-0.05, 0) is 34.0 Å². The van der Waals surface area contributed by atoms with Gasteiger partial charge in [0.15, 0.2) is 0 Å². The predicted octanol–water partition coefficient (Wildman–Crippen LogP) is 6.65. The van der Waals surface area contributed by atoms with Crippen molar-refractivity contribution in [3.63, 3.8) is 0 Å². The van der Waals surface area contributed by atoms with Crippen LogP contribution in [0.5, 0.6) is 0 Å². The number of hydrogen-bond donors (Lipinski definition) is 0. The van der Waals surface area contributed by atoms with Gasteiger partial charge in [-0.3, -0.25) is 4.98 Å². The molecule has 0 aliphatic carbocycles. The molecule has 1 nitrogen and oxygen atoms in total. The van der Waals surface area contributed by atoms with E-state index in [9.17, 15) is 0 Å². The summed E-state index contributed by atoms with van der Waals surface area (Å²) in [6.45, 7) is 0. The zero-order valence-corrected chi connectivity index (χ0v) is 15.0. The van der Waals surface area contributed by atoms with Gasteiger partial charge >= 0.3 is 0 Å². The first kappa shape index (κ1) is 15.8. The van der Waals surface area contributed by atoms with E-state index in [1.807, 2.05) is 0 Å². The molecule has 0 bridgehead atoms. The Labute approximate surface area is 158 Å². The Hall–Kier alpha value is -3.45. The Bertz CT molecular complexity index is 1220. The lowest BCUT2D eigenvalue weighted by Crippen LogP contribution is -1.97. The Kier molecular flexibility index (Phi) is 3.91. The molecule has 1 heterocycles. The number of hydrogen-bond acceptors (Lipinski definition) is 1. The van der Waals surface area contributed by atoms with Gasteiger partial charge in [-0.1, -0.05) is 91.0 Å². The van der Waals surface area contributed by atoms with Crippen LogP contribution < -0.4 is 0 Å². The summed E-state index contributed by atoms with van der Waals surface area (Å²) in [7, 11) is 0. The summed E-state index contributed by atoms with van der Waals surface area (Å²) >= 11 is 0. The third kappa shape index (κ3) is 2.98. The average molecular weight is 345 g/mol. The van der Waals surface area contributed by atoms with E-state index in [0.29, 0.717) is 0 Å². The van der Waals surface area contributed by atoms with E-state index in [1.165, 1.54) is 32.8 Å². The minimum Gasteiger partial charge on any atom is -0.252 e. The quantitative estimate of drug-likeness (QED) is 0.334. The van der Waals surface area contributed by atoms with Crippen LogP contribution >= 0.6 is 0 Å². The Morgan fingerprint density at radius 1 is 0.593 bits per heavy atom. The normalized spacial score (nSPS) is 11.1. The number of benzene rings is 4. The lowest BCUT2D eigenvalue weighted by atomic mass is 9.96. The highest BCUT2D eigenvalue weighted by molar-refractivity contribution is 6.07. The smallest absolute Gasteiger partial charge is 0.0712 e. The molecule has 0 atom stereocenters. The van der Waals surface area contributed by atoms with E-state index in [4.69, 9.17) is 4.98 Å². The SMILES string of the molecule is c1ccc(Cc2nc3ccc4ccccc4c3cc2-c2ccccc2)cc1. The molecule has 0 N–H and O–H groups in total. The second-order valence-electron chi connectivity index (χ2n) is 6.86. The van der Waals surface area contributed by atoms with Crippen LogP contribution in [0.3, 0.4) is 0 Å². The highest BCUT2D eigenvalue weighted by atomic mass is 14.7.